The monoisotopic (exact) mass is 320 g/mol. The van der Waals surface area contributed by atoms with Gasteiger partial charge in [-0.25, -0.2) is 4.79 Å². The first kappa shape index (κ1) is 17.3. The molecule has 1 aliphatic rings. The molecule has 2 rings (SSSR count). The van der Waals surface area contributed by atoms with Crippen molar-refractivity contribution in [2.24, 2.45) is 0 Å². The average Bonchev–Trinajstić information content (AvgIpc) is 2.60. The quantitative estimate of drug-likeness (QED) is 0.754. The van der Waals surface area contributed by atoms with E-state index in [1.807, 2.05) is 37.3 Å². The van der Waals surface area contributed by atoms with Crippen LogP contribution in [0.3, 0.4) is 0 Å². The molecule has 1 aromatic rings. The third-order valence-corrected chi connectivity index (χ3v) is 4.03. The number of carbonyl (C=O) groups excluding carboxylic acids is 2. The molecule has 0 saturated carbocycles. The summed E-state index contributed by atoms with van der Waals surface area (Å²) in [6.45, 7) is 5.23. The molecular weight excluding hydrogens is 294 g/mol. The summed E-state index contributed by atoms with van der Waals surface area (Å²) in [4.78, 5) is 25.3. The fraction of sp³-hybridized carbons (Fsp3) is 0.529. The number of benzene rings is 1. The molecule has 0 unspecified atom stereocenters. The van der Waals surface area contributed by atoms with Crippen LogP contribution >= 0.6 is 0 Å². The molecule has 23 heavy (non-hydrogen) atoms. The van der Waals surface area contributed by atoms with Gasteiger partial charge in [-0.2, -0.15) is 0 Å². The zero-order chi connectivity index (χ0) is 16.5. The molecule has 1 heterocycles. The number of hydrogen-bond acceptors (Lipinski definition) is 3. The largest absolute Gasteiger partial charge is 0.450 e. The van der Waals surface area contributed by atoms with E-state index in [4.69, 9.17) is 4.74 Å². The summed E-state index contributed by atoms with van der Waals surface area (Å²) in [5.74, 6) is -0.0314. The molecule has 3 N–H and O–H groups in total. The van der Waals surface area contributed by atoms with Crippen molar-refractivity contribution in [1.29, 1.82) is 0 Å². The Kier molecular flexibility index (Phi) is 6.87. The van der Waals surface area contributed by atoms with Crippen LogP contribution in [0.15, 0.2) is 30.3 Å². The third-order valence-electron chi connectivity index (χ3n) is 4.03. The van der Waals surface area contributed by atoms with Gasteiger partial charge >= 0.3 is 6.09 Å². The van der Waals surface area contributed by atoms with Gasteiger partial charge in [0.1, 0.15) is 0 Å². The molecule has 0 aromatic heterocycles. The molecule has 6 nitrogen and oxygen atoms in total. The lowest BCUT2D eigenvalue weighted by Crippen LogP contribution is -2.92. The van der Waals surface area contributed by atoms with E-state index >= 15 is 0 Å². The van der Waals surface area contributed by atoms with E-state index in [0.717, 1.165) is 32.5 Å². The number of nitrogens with two attached hydrogens (primary N) is 1. The molecule has 0 bridgehead atoms. The molecular formula is C17H26N3O3+. The maximum Gasteiger partial charge on any atom is 0.409 e. The highest BCUT2D eigenvalue weighted by molar-refractivity contribution is 5.94. The molecule has 1 aliphatic heterocycles. The van der Waals surface area contributed by atoms with Gasteiger partial charge in [0.25, 0.3) is 5.91 Å². The summed E-state index contributed by atoms with van der Waals surface area (Å²) in [6, 6.07) is 9.74. The maximum absolute atomic E-state index is 11.9. The highest BCUT2D eigenvalue weighted by Gasteiger charge is 2.25. The van der Waals surface area contributed by atoms with Gasteiger partial charge in [0, 0.05) is 31.5 Å². The number of nitrogens with zero attached hydrogens (tertiary/aromatic N) is 1. The number of likely N-dealkylation sites (tertiary alicyclic amines) is 1. The second kappa shape index (κ2) is 9.15. The Labute approximate surface area is 137 Å². The van der Waals surface area contributed by atoms with Crippen molar-refractivity contribution in [3.05, 3.63) is 35.9 Å². The van der Waals surface area contributed by atoms with E-state index in [-0.39, 0.29) is 12.0 Å². The van der Waals surface area contributed by atoms with Crippen molar-refractivity contribution in [1.82, 2.24) is 10.2 Å². The van der Waals surface area contributed by atoms with Crippen LogP contribution in [0.5, 0.6) is 0 Å². The van der Waals surface area contributed by atoms with Crippen LogP contribution in [0.25, 0.3) is 0 Å². The van der Waals surface area contributed by atoms with Crippen molar-refractivity contribution >= 4 is 12.0 Å². The normalized spacial score (nSPS) is 15.3. The van der Waals surface area contributed by atoms with E-state index in [0.29, 0.717) is 24.8 Å². The lowest BCUT2D eigenvalue weighted by Gasteiger charge is -2.29. The lowest BCUT2D eigenvalue weighted by atomic mass is 10.1. The zero-order valence-electron chi connectivity index (χ0n) is 13.7. The van der Waals surface area contributed by atoms with Crippen LogP contribution in [0.4, 0.5) is 4.79 Å². The second-order valence-corrected chi connectivity index (χ2v) is 5.67. The third kappa shape index (κ3) is 5.56. The van der Waals surface area contributed by atoms with Crippen LogP contribution in [0.2, 0.25) is 0 Å². The standard InChI is InChI=1S/C17H25N3O3/c1-2-23-17(22)20-12-8-15(9-13-20)18-10-11-19-16(21)14-6-4-3-5-7-14/h3-7,15,18H,2,8-13H2,1H3,(H,19,21)/p+1. The van der Waals surface area contributed by atoms with Gasteiger partial charge in [0.05, 0.1) is 25.7 Å². The summed E-state index contributed by atoms with van der Waals surface area (Å²) in [5, 5.41) is 5.19. The highest BCUT2D eigenvalue weighted by Crippen LogP contribution is 2.08. The van der Waals surface area contributed by atoms with Gasteiger partial charge in [-0.15, -0.1) is 0 Å². The van der Waals surface area contributed by atoms with E-state index in [2.05, 4.69) is 10.6 Å². The Morgan fingerprint density at radius 2 is 1.96 bits per heavy atom. The summed E-state index contributed by atoms with van der Waals surface area (Å²) < 4.78 is 5.01. The van der Waals surface area contributed by atoms with Gasteiger partial charge in [-0.1, -0.05) is 18.2 Å². The summed E-state index contributed by atoms with van der Waals surface area (Å²) >= 11 is 0. The van der Waals surface area contributed by atoms with E-state index < -0.39 is 0 Å². The van der Waals surface area contributed by atoms with Crippen LogP contribution in [0.1, 0.15) is 30.1 Å². The first-order valence-corrected chi connectivity index (χ1v) is 8.29. The predicted octanol–water partition coefficient (Wildman–Crippen LogP) is 0.601. The van der Waals surface area contributed by atoms with Crippen molar-refractivity contribution in [3.8, 4) is 0 Å². The first-order valence-electron chi connectivity index (χ1n) is 8.29. The molecule has 0 aliphatic carbocycles. The second-order valence-electron chi connectivity index (χ2n) is 5.67. The fourth-order valence-electron chi connectivity index (χ4n) is 2.73. The molecule has 6 heteroatoms. The molecule has 0 atom stereocenters. The maximum atomic E-state index is 11.9. The molecule has 1 fully saturated rings. The van der Waals surface area contributed by atoms with E-state index in [9.17, 15) is 9.59 Å². The summed E-state index contributed by atoms with van der Waals surface area (Å²) in [7, 11) is 0. The first-order chi connectivity index (χ1) is 11.2. The number of rotatable bonds is 6. The number of quaternary nitrogens is 1. The smallest absolute Gasteiger partial charge is 0.409 e. The predicted molar refractivity (Wildman–Crippen MR) is 87.2 cm³/mol. The lowest BCUT2D eigenvalue weighted by molar-refractivity contribution is -0.690. The highest BCUT2D eigenvalue weighted by atomic mass is 16.6. The van der Waals surface area contributed by atoms with Crippen molar-refractivity contribution < 1.29 is 19.6 Å². The van der Waals surface area contributed by atoms with Gasteiger partial charge < -0.3 is 20.3 Å². The number of amides is 2. The number of ether oxygens (including phenoxy) is 1. The van der Waals surface area contributed by atoms with Crippen LogP contribution < -0.4 is 10.6 Å². The Morgan fingerprint density at radius 3 is 2.61 bits per heavy atom. The van der Waals surface area contributed by atoms with Crippen LogP contribution in [-0.2, 0) is 4.74 Å². The van der Waals surface area contributed by atoms with Crippen molar-refractivity contribution in [2.75, 3.05) is 32.8 Å². The number of carbonyl (C=O) groups is 2. The Balaban J connectivity index is 1.59. The Morgan fingerprint density at radius 1 is 1.26 bits per heavy atom. The van der Waals surface area contributed by atoms with Gasteiger partial charge in [-0.05, 0) is 19.1 Å². The van der Waals surface area contributed by atoms with Gasteiger partial charge in [0.15, 0.2) is 0 Å². The van der Waals surface area contributed by atoms with E-state index in [1.54, 1.807) is 4.90 Å². The molecule has 2 amide bonds. The fourth-order valence-corrected chi connectivity index (χ4v) is 2.73. The topological polar surface area (TPSA) is 75.2 Å². The number of hydrogen-bond donors (Lipinski definition) is 2. The minimum Gasteiger partial charge on any atom is -0.450 e. The number of piperidine rings is 1. The molecule has 0 radical (unpaired) electrons. The van der Waals surface area contributed by atoms with Gasteiger partial charge in [-0.3, -0.25) is 4.79 Å². The Bertz CT molecular complexity index is 499. The van der Waals surface area contributed by atoms with Gasteiger partial charge in [0.2, 0.25) is 0 Å². The zero-order valence-corrected chi connectivity index (χ0v) is 13.7. The minimum absolute atomic E-state index is 0.0314. The molecule has 0 spiro atoms. The average molecular weight is 320 g/mol. The van der Waals surface area contributed by atoms with E-state index in [1.165, 1.54) is 0 Å². The minimum atomic E-state index is -0.207. The number of nitrogens with one attached hydrogen (secondary N) is 1. The molecule has 126 valence electrons. The van der Waals surface area contributed by atoms with Crippen LogP contribution in [-0.4, -0.2) is 55.7 Å². The molecule has 1 saturated heterocycles. The van der Waals surface area contributed by atoms with Crippen molar-refractivity contribution in [3.63, 3.8) is 0 Å². The Hall–Kier alpha value is -2.08. The summed E-state index contributed by atoms with van der Waals surface area (Å²) in [5.41, 5.74) is 0.690. The molecule has 1 aromatic carbocycles. The summed E-state index contributed by atoms with van der Waals surface area (Å²) in [6.07, 6.45) is 1.72. The SMILES string of the molecule is CCOC(=O)N1CCC([NH2+]CCNC(=O)c2ccccc2)CC1. The van der Waals surface area contributed by atoms with Crippen molar-refractivity contribution in [2.45, 2.75) is 25.8 Å². The van der Waals surface area contributed by atoms with Crippen LogP contribution in [0, 0.1) is 0 Å².